The van der Waals surface area contributed by atoms with E-state index < -0.39 is 5.91 Å². The average Bonchev–Trinajstić information content (AvgIpc) is 3.27. The molecule has 0 saturated heterocycles. The lowest BCUT2D eigenvalue weighted by Crippen LogP contribution is -2.34. The Morgan fingerprint density at radius 2 is 1.74 bits per heavy atom. The summed E-state index contributed by atoms with van der Waals surface area (Å²) in [5.74, 6) is 0.304. The Labute approximate surface area is 200 Å². The SMILES string of the molecule is COc1cc2ccccc2cc1C(=O)NC(=S)Nc1ccc(-c2nc3ccccc3o2)c(O)c1. The number of thiocarbonyl (C=S) groups is 1. The van der Waals surface area contributed by atoms with Crippen LogP contribution in [0.15, 0.2) is 83.3 Å². The molecule has 3 N–H and O–H groups in total. The molecule has 34 heavy (non-hydrogen) atoms. The van der Waals surface area contributed by atoms with Gasteiger partial charge >= 0.3 is 0 Å². The predicted molar refractivity (Wildman–Crippen MR) is 135 cm³/mol. The summed E-state index contributed by atoms with van der Waals surface area (Å²) in [5.41, 5.74) is 2.63. The zero-order chi connectivity index (χ0) is 23.7. The second-order valence-electron chi connectivity index (χ2n) is 7.53. The van der Waals surface area contributed by atoms with Crippen LogP contribution < -0.4 is 15.4 Å². The fourth-order valence-corrected chi connectivity index (χ4v) is 3.89. The Kier molecular flexibility index (Phi) is 5.57. The van der Waals surface area contributed by atoms with Gasteiger partial charge in [0.25, 0.3) is 5.91 Å². The first kappa shape index (κ1) is 21.4. The molecule has 0 spiro atoms. The lowest BCUT2D eigenvalue weighted by molar-refractivity contribution is 0.0975. The van der Waals surface area contributed by atoms with Gasteiger partial charge in [-0.2, -0.15) is 0 Å². The number of aromatic hydroxyl groups is 1. The van der Waals surface area contributed by atoms with Crippen LogP contribution in [0.1, 0.15) is 10.4 Å². The number of methoxy groups -OCH3 is 1. The van der Waals surface area contributed by atoms with Crippen molar-refractivity contribution >= 4 is 50.8 Å². The number of oxazole rings is 1. The van der Waals surface area contributed by atoms with Gasteiger partial charge in [-0.3, -0.25) is 10.1 Å². The van der Waals surface area contributed by atoms with Crippen LogP contribution in [0, 0.1) is 0 Å². The van der Waals surface area contributed by atoms with Gasteiger partial charge in [0.05, 0.1) is 18.2 Å². The molecule has 0 fully saturated rings. The normalized spacial score (nSPS) is 10.9. The standard InChI is InChI=1S/C26H19N3O4S/c1-32-23-13-16-7-3-2-6-15(16)12-19(23)24(31)29-26(34)27-17-10-11-18(21(30)14-17)25-28-20-8-4-5-9-22(20)33-25/h2-14,30H,1H3,(H2,27,29,31,34). The van der Waals surface area contributed by atoms with Gasteiger partial charge in [-0.1, -0.05) is 36.4 Å². The van der Waals surface area contributed by atoms with Crippen LogP contribution >= 0.6 is 12.2 Å². The number of nitrogens with one attached hydrogen (secondary N) is 2. The number of rotatable bonds is 4. The highest BCUT2D eigenvalue weighted by atomic mass is 32.1. The van der Waals surface area contributed by atoms with Crippen LogP contribution in [0.5, 0.6) is 11.5 Å². The van der Waals surface area contributed by atoms with Gasteiger partial charge in [-0.25, -0.2) is 4.98 Å². The zero-order valence-electron chi connectivity index (χ0n) is 18.0. The molecule has 0 unspecified atom stereocenters. The molecule has 1 aromatic heterocycles. The molecule has 0 radical (unpaired) electrons. The van der Waals surface area contributed by atoms with E-state index in [1.54, 1.807) is 18.2 Å². The molecule has 0 atom stereocenters. The number of amides is 1. The molecule has 7 nitrogen and oxygen atoms in total. The van der Waals surface area contributed by atoms with Crippen molar-refractivity contribution in [3.8, 4) is 23.0 Å². The number of anilines is 1. The first-order valence-corrected chi connectivity index (χ1v) is 10.8. The molecule has 1 amide bonds. The Morgan fingerprint density at radius 3 is 2.47 bits per heavy atom. The van der Waals surface area contributed by atoms with Crippen LogP contribution in [-0.2, 0) is 0 Å². The highest BCUT2D eigenvalue weighted by Gasteiger charge is 2.16. The summed E-state index contributed by atoms with van der Waals surface area (Å²) in [6, 6.07) is 23.5. The third kappa shape index (κ3) is 4.14. The van der Waals surface area contributed by atoms with Crippen molar-refractivity contribution in [1.82, 2.24) is 10.3 Å². The molecule has 0 bridgehead atoms. The molecular weight excluding hydrogens is 450 g/mol. The fraction of sp³-hybridized carbons (Fsp3) is 0.0385. The number of benzene rings is 4. The van der Waals surface area contributed by atoms with Crippen molar-refractivity contribution in [2.24, 2.45) is 0 Å². The Hall–Kier alpha value is -4.43. The van der Waals surface area contributed by atoms with Crippen molar-refractivity contribution in [3.63, 3.8) is 0 Å². The molecule has 5 rings (SSSR count). The van der Waals surface area contributed by atoms with E-state index >= 15 is 0 Å². The quantitative estimate of drug-likeness (QED) is 0.300. The number of para-hydroxylation sites is 2. The molecule has 0 aliphatic carbocycles. The number of phenolic OH excluding ortho intramolecular Hbond substituents is 1. The molecule has 5 aromatic rings. The number of hydrogen-bond acceptors (Lipinski definition) is 6. The molecular formula is C26H19N3O4S. The van der Waals surface area contributed by atoms with Gasteiger partial charge in [-0.05, 0) is 59.4 Å². The van der Waals surface area contributed by atoms with Crippen LogP contribution in [0.3, 0.4) is 0 Å². The van der Waals surface area contributed by atoms with Crippen molar-refractivity contribution in [2.75, 3.05) is 12.4 Å². The minimum atomic E-state index is -0.410. The Bertz CT molecular complexity index is 1530. The maximum absolute atomic E-state index is 12.9. The number of hydrogen-bond donors (Lipinski definition) is 3. The summed E-state index contributed by atoms with van der Waals surface area (Å²) in [4.78, 5) is 17.3. The number of phenols is 1. The summed E-state index contributed by atoms with van der Waals surface area (Å²) in [6.45, 7) is 0. The summed E-state index contributed by atoms with van der Waals surface area (Å²) in [5, 5.41) is 18.0. The van der Waals surface area contributed by atoms with E-state index in [9.17, 15) is 9.90 Å². The van der Waals surface area contributed by atoms with Gasteiger partial charge in [-0.15, -0.1) is 0 Å². The predicted octanol–water partition coefficient (Wildman–Crippen LogP) is 5.49. The minimum absolute atomic E-state index is 0.0399. The van der Waals surface area contributed by atoms with Gasteiger partial charge < -0.3 is 19.6 Å². The highest BCUT2D eigenvalue weighted by molar-refractivity contribution is 7.80. The second-order valence-corrected chi connectivity index (χ2v) is 7.93. The molecule has 0 aliphatic rings. The van der Waals surface area contributed by atoms with Crippen molar-refractivity contribution in [2.45, 2.75) is 0 Å². The number of fused-ring (bicyclic) bond motifs is 2. The minimum Gasteiger partial charge on any atom is -0.507 e. The Balaban J connectivity index is 1.32. The van der Waals surface area contributed by atoms with E-state index in [0.717, 1.165) is 10.8 Å². The highest BCUT2D eigenvalue weighted by Crippen LogP contribution is 2.33. The lowest BCUT2D eigenvalue weighted by Gasteiger charge is -2.13. The average molecular weight is 470 g/mol. The van der Waals surface area contributed by atoms with Gasteiger partial charge in [0.2, 0.25) is 5.89 Å². The topological polar surface area (TPSA) is 96.6 Å². The summed E-state index contributed by atoms with van der Waals surface area (Å²) in [7, 11) is 1.51. The largest absolute Gasteiger partial charge is 0.507 e. The number of ether oxygens (including phenoxy) is 1. The smallest absolute Gasteiger partial charge is 0.261 e. The third-order valence-corrected chi connectivity index (χ3v) is 5.52. The number of carbonyl (C=O) groups excluding carboxylic acids is 1. The van der Waals surface area contributed by atoms with Crippen LogP contribution in [0.25, 0.3) is 33.3 Å². The van der Waals surface area contributed by atoms with E-state index in [4.69, 9.17) is 21.4 Å². The van der Waals surface area contributed by atoms with Crippen LogP contribution in [-0.4, -0.2) is 28.2 Å². The molecule has 0 saturated carbocycles. The van der Waals surface area contributed by atoms with E-state index in [1.165, 1.54) is 13.2 Å². The van der Waals surface area contributed by atoms with E-state index in [2.05, 4.69) is 15.6 Å². The zero-order valence-corrected chi connectivity index (χ0v) is 18.8. The fourth-order valence-electron chi connectivity index (χ4n) is 3.68. The third-order valence-electron chi connectivity index (χ3n) is 5.32. The number of nitrogens with zero attached hydrogens (tertiary/aromatic N) is 1. The van der Waals surface area contributed by atoms with Gasteiger partial charge in [0.15, 0.2) is 10.7 Å². The van der Waals surface area contributed by atoms with E-state index in [-0.39, 0.29) is 10.9 Å². The lowest BCUT2D eigenvalue weighted by atomic mass is 10.1. The number of carbonyl (C=O) groups is 1. The van der Waals surface area contributed by atoms with Crippen LogP contribution in [0.4, 0.5) is 5.69 Å². The van der Waals surface area contributed by atoms with Crippen molar-refractivity contribution < 1.29 is 19.1 Å². The van der Waals surface area contributed by atoms with Gasteiger partial charge in [0, 0.05) is 11.8 Å². The van der Waals surface area contributed by atoms with E-state index in [0.29, 0.717) is 39.6 Å². The maximum atomic E-state index is 12.9. The second kappa shape index (κ2) is 8.84. The van der Waals surface area contributed by atoms with Crippen LogP contribution in [0.2, 0.25) is 0 Å². The first-order valence-electron chi connectivity index (χ1n) is 10.4. The molecule has 4 aromatic carbocycles. The first-order chi connectivity index (χ1) is 16.5. The van der Waals surface area contributed by atoms with Crippen molar-refractivity contribution in [1.29, 1.82) is 0 Å². The summed E-state index contributed by atoms with van der Waals surface area (Å²) < 4.78 is 11.1. The molecule has 1 heterocycles. The molecule has 0 aliphatic heterocycles. The van der Waals surface area contributed by atoms with Crippen molar-refractivity contribution in [3.05, 3.63) is 84.4 Å². The molecule has 8 heteroatoms. The maximum Gasteiger partial charge on any atom is 0.261 e. The van der Waals surface area contributed by atoms with Gasteiger partial charge in [0.1, 0.15) is 17.0 Å². The summed E-state index contributed by atoms with van der Waals surface area (Å²) in [6.07, 6.45) is 0. The number of aromatic nitrogens is 1. The van der Waals surface area contributed by atoms with E-state index in [1.807, 2.05) is 54.6 Å². The Morgan fingerprint density at radius 1 is 1.00 bits per heavy atom. The monoisotopic (exact) mass is 469 g/mol. The summed E-state index contributed by atoms with van der Waals surface area (Å²) >= 11 is 5.30. The molecule has 168 valence electrons.